The zero-order valence-corrected chi connectivity index (χ0v) is 20.2. The fourth-order valence-electron chi connectivity index (χ4n) is 4.61. The first-order valence-electron chi connectivity index (χ1n) is 11.0. The third-order valence-corrected chi connectivity index (χ3v) is 6.95. The summed E-state index contributed by atoms with van der Waals surface area (Å²) in [7, 11) is 1.46. The van der Waals surface area contributed by atoms with Crippen molar-refractivity contribution >= 4 is 39.1 Å². The van der Waals surface area contributed by atoms with E-state index in [-0.39, 0.29) is 17.4 Å². The van der Waals surface area contributed by atoms with E-state index in [0.29, 0.717) is 21.4 Å². The number of ether oxygens (including phenoxy) is 1. The molecule has 0 unspecified atom stereocenters. The zero-order valence-electron chi connectivity index (χ0n) is 18.6. The van der Waals surface area contributed by atoms with Crippen LogP contribution in [0.3, 0.4) is 0 Å². The number of phenols is 1. The Labute approximate surface area is 205 Å². The molecule has 1 N–H and O–H groups in total. The highest BCUT2D eigenvalue weighted by Gasteiger charge is 2.60. The van der Waals surface area contributed by atoms with E-state index in [9.17, 15) is 14.7 Å². The van der Waals surface area contributed by atoms with Crippen LogP contribution in [0.5, 0.6) is 11.5 Å². The number of carbonyl (C=O) groups is 2. The minimum absolute atomic E-state index is 0.0422. The number of aryl methyl sites for hydroxylation is 1. The van der Waals surface area contributed by atoms with E-state index in [1.165, 1.54) is 12.0 Å². The van der Waals surface area contributed by atoms with Crippen LogP contribution in [-0.4, -0.2) is 30.1 Å². The summed E-state index contributed by atoms with van der Waals surface area (Å²) in [6.45, 7) is 2.05. The van der Waals surface area contributed by atoms with Crippen LogP contribution >= 0.6 is 15.9 Å². The lowest BCUT2D eigenvalue weighted by Crippen LogP contribution is -2.37. The Kier molecular flexibility index (Phi) is 5.79. The van der Waals surface area contributed by atoms with Crippen LogP contribution in [0, 0.1) is 5.92 Å². The molecule has 3 aromatic carbocycles. The standard InChI is InChI=1S/C26H23BrN2O5/c1-3-15-9-11-17(12-10-15)28-25(31)21-22(16-13-19(27)23(30)20(14-16)33-2)29(34-24(21)26(28)32)18-7-5-4-6-8-18/h4-14,21-22,24,30H,3H2,1-2H3/t21-,22-,24-/m0/s1. The van der Waals surface area contributed by atoms with Gasteiger partial charge in [0.15, 0.2) is 17.6 Å². The SMILES string of the molecule is CCc1ccc(N2C(=O)[C@@H]3[C@H](ON(c4ccccc4)[C@H]3c3cc(Br)c(O)c(OC)c3)C2=O)cc1. The van der Waals surface area contributed by atoms with E-state index >= 15 is 0 Å². The van der Waals surface area contributed by atoms with Gasteiger partial charge in [-0.15, -0.1) is 0 Å². The van der Waals surface area contributed by atoms with Crippen LogP contribution in [-0.2, 0) is 20.8 Å². The largest absolute Gasteiger partial charge is 0.503 e. The number of nitrogens with zero attached hydrogens (tertiary/aromatic N) is 2. The Bertz CT molecular complexity index is 1250. The van der Waals surface area contributed by atoms with E-state index in [2.05, 4.69) is 15.9 Å². The fraction of sp³-hybridized carbons (Fsp3) is 0.231. The molecule has 174 valence electrons. The maximum absolute atomic E-state index is 13.7. The Morgan fingerprint density at radius 1 is 1.00 bits per heavy atom. The lowest BCUT2D eigenvalue weighted by atomic mass is 9.90. The van der Waals surface area contributed by atoms with E-state index in [4.69, 9.17) is 9.57 Å². The number of carbonyl (C=O) groups excluding carboxylic acids is 2. The molecule has 5 rings (SSSR count). The molecule has 0 aromatic heterocycles. The van der Waals surface area contributed by atoms with Gasteiger partial charge in [-0.25, -0.2) is 9.96 Å². The van der Waals surface area contributed by atoms with E-state index in [1.54, 1.807) is 29.3 Å². The number of benzene rings is 3. The fourth-order valence-corrected chi connectivity index (χ4v) is 5.07. The molecule has 2 saturated heterocycles. The Morgan fingerprint density at radius 2 is 1.71 bits per heavy atom. The van der Waals surface area contributed by atoms with Crippen LogP contribution in [0.25, 0.3) is 0 Å². The number of para-hydroxylation sites is 1. The van der Waals surface area contributed by atoms with Crippen molar-refractivity contribution in [2.75, 3.05) is 17.1 Å². The normalized spacial score (nSPS) is 21.8. The molecule has 0 radical (unpaired) electrons. The third-order valence-electron chi connectivity index (χ3n) is 6.34. The van der Waals surface area contributed by atoms with Crippen molar-refractivity contribution in [3.8, 4) is 11.5 Å². The monoisotopic (exact) mass is 522 g/mol. The second-order valence-electron chi connectivity index (χ2n) is 8.24. The molecule has 0 bridgehead atoms. The molecule has 2 heterocycles. The molecule has 7 nitrogen and oxygen atoms in total. The van der Waals surface area contributed by atoms with Gasteiger partial charge in [0, 0.05) is 0 Å². The quantitative estimate of drug-likeness (QED) is 0.486. The van der Waals surface area contributed by atoms with Crippen molar-refractivity contribution < 1.29 is 24.3 Å². The van der Waals surface area contributed by atoms with Crippen LogP contribution in [0.4, 0.5) is 11.4 Å². The van der Waals surface area contributed by atoms with Gasteiger partial charge in [0.1, 0.15) is 5.92 Å². The molecule has 2 aliphatic heterocycles. The number of amides is 2. The highest BCUT2D eigenvalue weighted by atomic mass is 79.9. The van der Waals surface area contributed by atoms with Gasteiger partial charge in [0.2, 0.25) is 5.91 Å². The summed E-state index contributed by atoms with van der Waals surface area (Å²) in [5, 5.41) is 11.9. The van der Waals surface area contributed by atoms with Crippen LogP contribution in [0.1, 0.15) is 24.1 Å². The molecule has 34 heavy (non-hydrogen) atoms. The van der Waals surface area contributed by atoms with Gasteiger partial charge < -0.3 is 9.84 Å². The van der Waals surface area contributed by atoms with Gasteiger partial charge in [0.05, 0.1) is 29.0 Å². The summed E-state index contributed by atoms with van der Waals surface area (Å²) < 4.78 is 5.76. The maximum Gasteiger partial charge on any atom is 0.266 e. The number of aromatic hydroxyl groups is 1. The zero-order chi connectivity index (χ0) is 24.0. The van der Waals surface area contributed by atoms with Gasteiger partial charge in [-0.2, -0.15) is 0 Å². The summed E-state index contributed by atoms with van der Waals surface area (Å²) in [6, 6.07) is 19.5. The summed E-state index contributed by atoms with van der Waals surface area (Å²) in [5.74, 6) is -1.29. The number of hydroxylamine groups is 1. The second-order valence-corrected chi connectivity index (χ2v) is 9.10. The average molecular weight is 523 g/mol. The lowest BCUT2D eigenvalue weighted by molar-refractivity contribution is -0.126. The lowest BCUT2D eigenvalue weighted by Gasteiger charge is -2.29. The smallest absolute Gasteiger partial charge is 0.266 e. The molecule has 2 fully saturated rings. The minimum atomic E-state index is -0.970. The second kappa shape index (κ2) is 8.77. The van der Waals surface area contributed by atoms with Crippen LogP contribution < -0.4 is 14.7 Å². The predicted octanol–water partition coefficient (Wildman–Crippen LogP) is 4.78. The summed E-state index contributed by atoms with van der Waals surface area (Å²) in [5.41, 5.74) is 3.03. The molecule has 0 aliphatic carbocycles. The molecule has 0 spiro atoms. The van der Waals surface area contributed by atoms with E-state index < -0.39 is 24.0 Å². The van der Waals surface area contributed by atoms with Crippen molar-refractivity contribution in [1.29, 1.82) is 0 Å². The van der Waals surface area contributed by atoms with Crippen LogP contribution in [0.2, 0.25) is 0 Å². The summed E-state index contributed by atoms with van der Waals surface area (Å²) in [6.07, 6.45) is -0.107. The van der Waals surface area contributed by atoms with Crippen molar-refractivity contribution in [3.05, 3.63) is 82.3 Å². The number of fused-ring (bicyclic) bond motifs is 1. The van der Waals surface area contributed by atoms with Crippen molar-refractivity contribution in [2.45, 2.75) is 25.5 Å². The van der Waals surface area contributed by atoms with Gasteiger partial charge >= 0.3 is 0 Å². The number of halogens is 1. The topological polar surface area (TPSA) is 79.3 Å². The Hall–Kier alpha value is -3.36. The first-order valence-corrected chi connectivity index (χ1v) is 11.8. The number of phenolic OH excluding ortho intramolecular Hbond substituents is 1. The number of hydrogen-bond acceptors (Lipinski definition) is 6. The number of hydrogen-bond donors (Lipinski definition) is 1. The van der Waals surface area contributed by atoms with Crippen LogP contribution in [0.15, 0.2) is 71.2 Å². The number of rotatable bonds is 5. The van der Waals surface area contributed by atoms with Gasteiger partial charge in [-0.1, -0.05) is 37.3 Å². The highest BCUT2D eigenvalue weighted by Crippen LogP contribution is 2.49. The first-order chi connectivity index (χ1) is 16.4. The molecule has 3 atom stereocenters. The third kappa shape index (κ3) is 3.54. The predicted molar refractivity (Wildman–Crippen MR) is 131 cm³/mol. The van der Waals surface area contributed by atoms with Gasteiger partial charge in [-0.3, -0.25) is 14.4 Å². The minimum Gasteiger partial charge on any atom is -0.503 e. The number of imide groups is 1. The van der Waals surface area contributed by atoms with Crippen molar-refractivity contribution in [1.82, 2.24) is 0 Å². The molecule has 2 amide bonds. The Morgan fingerprint density at radius 3 is 2.35 bits per heavy atom. The highest BCUT2D eigenvalue weighted by molar-refractivity contribution is 9.10. The molecule has 0 saturated carbocycles. The molecule has 8 heteroatoms. The maximum atomic E-state index is 13.7. The number of methoxy groups -OCH3 is 1. The summed E-state index contributed by atoms with van der Waals surface area (Å²) >= 11 is 3.37. The Balaban J connectivity index is 1.60. The van der Waals surface area contributed by atoms with E-state index in [1.807, 2.05) is 49.4 Å². The van der Waals surface area contributed by atoms with Crippen molar-refractivity contribution in [3.63, 3.8) is 0 Å². The summed E-state index contributed by atoms with van der Waals surface area (Å²) in [4.78, 5) is 34.5. The molecular weight excluding hydrogens is 500 g/mol. The van der Waals surface area contributed by atoms with Gasteiger partial charge in [-0.05, 0) is 69.9 Å². The first kappa shape index (κ1) is 22.4. The van der Waals surface area contributed by atoms with Crippen molar-refractivity contribution in [2.24, 2.45) is 5.92 Å². The average Bonchev–Trinajstić information content (AvgIpc) is 3.37. The number of anilines is 2. The molecule has 3 aromatic rings. The van der Waals surface area contributed by atoms with E-state index in [0.717, 1.165) is 12.0 Å². The molecule has 2 aliphatic rings. The van der Waals surface area contributed by atoms with Gasteiger partial charge in [0.25, 0.3) is 5.91 Å². The molecular formula is C26H23BrN2O5.